The SMILES string of the molecule is CCCC(=O)N=C1S[C@H]2CS(=O)(=O)C[C@@H]2N1c1cccc(C(F)(F)F)c1. The van der Waals surface area contributed by atoms with Crippen molar-refractivity contribution in [1.82, 2.24) is 0 Å². The first-order valence-electron chi connectivity index (χ1n) is 8.06. The monoisotopic (exact) mass is 406 g/mol. The molecule has 0 bridgehead atoms. The van der Waals surface area contributed by atoms with E-state index in [9.17, 15) is 26.4 Å². The average Bonchev–Trinajstić information content (AvgIpc) is 2.97. The maximum atomic E-state index is 13.0. The van der Waals surface area contributed by atoms with Crippen LogP contribution in [0.1, 0.15) is 25.3 Å². The largest absolute Gasteiger partial charge is 0.416 e. The van der Waals surface area contributed by atoms with E-state index in [1.807, 2.05) is 6.92 Å². The average molecular weight is 406 g/mol. The van der Waals surface area contributed by atoms with Crippen molar-refractivity contribution >= 4 is 38.4 Å². The van der Waals surface area contributed by atoms with Crippen LogP contribution in [0.5, 0.6) is 0 Å². The first-order chi connectivity index (χ1) is 12.1. The van der Waals surface area contributed by atoms with Gasteiger partial charge in [-0.3, -0.25) is 4.79 Å². The van der Waals surface area contributed by atoms with E-state index in [-0.39, 0.29) is 39.9 Å². The topological polar surface area (TPSA) is 66.8 Å². The van der Waals surface area contributed by atoms with E-state index in [4.69, 9.17) is 0 Å². The van der Waals surface area contributed by atoms with Gasteiger partial charge in [-0.15, -0.1) is 0 Å². The molecule has 0 N–H and O–H groups in total. The molecule has 3 rings (SSSR count). The number of hydrogen-bond donors (Lipinski definition) is 0. The first-order valence-corrected chi connectivity index (χ1v) is 10.8. The number of nitrogens with zero attached hydrogens (tertiary/aromatic N) is 2. The van der Waals surface area contributed by atoms with Gasteiger partial charge in [0.1, 0.15) is 0 Å². The Balaban J connectivity index is 2.02. The number of aliphatic imine (C=N–C) groups is 1. The van der Waals surface area contributed by atoms with Crippen LogP contribution in [0.2, 0.25) is 0 Å². The summed E-state index contributed by atoms with van der Waals surface area (Å²) in [6, 6.07) is 4.14. The molecule has 1 aromatic rings. The van der Waals surface area contributed by atoms with Crippen LogP contribution in [-0.2, 0) is 20.8 Å². The Labute approximate surface area is 153 Å². The fourth-order valence-electron chi connectivity index (χ4n) is 3.07. The van der Waals surface area contributed by atoms with Gasteiger partial charge in [-0.2, -0.15) is 18.2 Å². The Morgan fingerprint density at radius 2 is 2.08 bits per heavy atom. The lowest BCUT2D eigenvalue weighted by molar-refractivity contribution is -0.137. The van der Waals surface area contributed by atoms with E-state index in [1.54, 1.807) is 0 Å². The summed E-state index contributed by atoms with van der Waals surface area (Å²) in [6.07, 6.45) is -3.68. The Hall–Kier alpha value is -1.55. The third kappa shape index (κ3) is 3.90. The standard InChI is InChI=1S/C16H17F3N2O3S2/c1-2-4-14(22)20-15-21(12-8-26(23,24)9-13(12)25-15)11-6-3-5-10(7-11)16(17,18)19/h3,5-7,12-13H,2,4,8-9H2,1H3/t12-,13-/m0/s1. The Kier molecular flexibility index (Phi) is 5.08. The lowest BCUT2D eigenvalue weighted by Crippen LogP contribution is -2.37. The van der Waals surface area contributed by atoms with Crippen LogP contribution >= 0.6 is 11.8 Å². The van der Waals surface area contributed by atoms with Crippen molar-refractivity contribution in [2.45, 2.75) is 37.2 Å². The van der Waals surface area contributed by atoms with Crippen molar-refractivity contribution in [3.63, 3.8) is 0 Å². The molecule has 142 valence electrons. The number of amides is 1. The van der Waals surface area contributed by atoms with Gasteiger partial charge in [0.2, 0.25) is 5.91 Å². The first kappa shape index (κ1) is 19.2. The second-order valence-corrected chi connectivity index (χ2v) is 9.62. The van der Waals surface area contributed by atoms with Crippen LogP contribution < -0.4 is 4.90 Å². The van der Waals surface area contributed by atoms with E-state index in [1.165, 1.54) is 17.0 Å². The quantitative estimate of drug-likeness (QED) is 0.772. The molecule has 0 spiro atoms. The van der Waals surface area contributed by atoms with Gasteiger partial charge >= 0.3 is 6.18 Å². The zero-order valence-electron chi connectivity index (χ0n) is 13.9. The van der Waals surface area contributed by atoms with E-state index in [2.05, 4.69) is 4.99 Å². The normalized spacial score (nSPS) is 26.3. The van der Waals surface area contributed by atoms with Crippen LogP contribution in [-0.4, -0.2) is 42.3 Å². The number of hydrogen-bond acceptors (Lipinski definition) is 4. The number of fused-ring (bicyclic) bond motifs is 1. The van der Waals surface area contributed by atoms with Crippen LogP contribution in [0, 0.1) is 0 Å². The predicted octanol–water partition coefficient (Wildman–Crippen LogP) is 3.11. The molecule has 2 heterocycles. The minimum absolute atomic E-state index is 0.0707. The molecule has 0 unspecified atom stereocenters. The maximum Gasteiger partial charge on any atom is 0.416 e. The number of thioether (sulfide) groups is 1. The Bertz CT molecular complexity index is 853. The smallest absolute Gasteiger partial charge is 0.316 e. The minimum Gasteiger partial charge on any atom is -0.316 e. The molecule has 0 aromatic heterocycles. The third-order valence-electron chi connectivity index (χ3n) is 4.20. The number of benzene rings is 1. The Morgan fingerprint density at radius 1 is 1.35 bits per heavy atom. The Morgan fingerprint density at radius 3 is 2.73 bits per heavy atom. The van der Waals surface area contributed by atoms with Gasteiger partial charge in [-0.25, -0.2) is 8.42 Å². The van der Waals surface area contributed by atoms with Gasteiger partial charge in [-0.1, -0.05) is 24.8 Å². The molecule has 2 fully saturated rings. The third-order valence-corrected chi connectivity index (χ3v) is 7.41. The fourth-order valence-corrected chi connectivity index (χ4v) is 7.01. The lowest BCUT2D eigenvalue weighted by atomic mass is 10.1. The number of amidine groups is 1. The molecule has 1 aromatic carbocycles. The molecular formula is C16H17F3N2O3S2. The molecule has 1 amide bonds. The predicted molar refractivity (Wildman–Crippen MR) is 95.1 cm³/mol. The van der Waals surface area contributed by atoms with Crippen LogP contribution in [0.25, 0.3) is 0 Å². The lowest BCUT2D eigenvalue weighted by Gasteiger charge is -2.25. The van der Waals surface area contributed by atoms with E-state index in [0.29, 0.717) is 6.42 Å². The number of anilines is 1. The zero-order chi connectivity index (χ0) is 19.1. The van der Waals surface area contributed by atoms with Crippen molar-refractivity contribution < 1.29 is 26.4 Å². The summed E-state index contributed by atoms with van der Waals surface area (Å²) in [4.78, 5) is 17.4. The molecule has 2 aliphatic heterocycles. The van der Waals surface area contributed by atoms with Gasteiger partial charge in [0.15, 0.2) is 15.0 Å². The fraction of sp³-hybridized carbons (Fsp3) is 0.500. The minimum atomic E-state index is -4.51. The van der Waals surface area contributed by atoms with Crippen molar-refractivity contribution in [2.75, 3.05) is 16.4 Å². The summed E-state index contributed by atoms with van der Waals surface area (Å²) in [7, 11) is -3.27. The van der Waals surface area contributed by atoms with E-state index >= 15 is 0 Å². The van der Waals surface area contributed by atoms with Crippen molar-refractivity contribution in [3.05, 3.63) is 29.8 Å². The summed E-state index contributed by atoms with van der Waals surface area (Å²) < 4.78 is 63.1. The number of halogens is 3. The molecule has 2 saturated heterocycles. The summed E-state index contributed by atoms with van der Waals surface area (Å²) in [5.41, 5.74) is -0.636. The summed E-state index contributed by atoms with van der Waals surface area (Å²) in [5, 5.41) is -0.0737. The maximum absolute atomic E-state index is 13.0. The second kappa shape index (κ2) is 6.88. The molecule has 2 aliphatic rings. The van der Waals surface area contributed by atoms with Crippen LogP contribution in [0.3, 0.4) is 0 Å². The van der Waals surface area contributed by atoms with Crippen LogP contribution in [0.4, 0.5) is 18.9 Å². The van der Waals surface area contributed by atoms with Gasteiger partial charge in [0.05, 0.1) is 23.1 Å². The number of rotatable bonds is 3. The molecule has 0 saturated carbocycles. The van der Waals surface area contributed by atoms with Gasteiger partial charge < -0.3 is 4.90 Å². The highest BCUT2D eigenvalue weighted by Crippen LogP contribution is 2.42. The van der Waals surface area contributed by atoms with E-state index in [0.717, 1.165) is 23.9 Å². The zero-order valence-corrected chi connectivity index (χ0v) is 15.5. The van der Waals surface area contributed by atoms with Crippen LogP contribution in [0.15, 0.2) is 29.3 Å². The number of sulfone groups is 1. The highest BCUT2D eigenvalue weighted by molar-refractivity contribution is 8.16. The van der Waals surface area contributed by atoms with Gasteiger partial charge in [0.25, 0.3) is 0 Å². The second-order valence-electron chi connectivity index (χ2n) is 6.26. The molecule has 10 heteroatoms. The van der Waals surface area contributed by atoms with Crippen molar-refractivity contribution in [3.8, 4) is 0 Å². The molecular weight excluding hydrogens is 389 g/mol. The molecule has 0 aliphatic carbocycles. The van der Waals surface area contributed by atoms with E-state index < -0.39 is 27.6 Å². The van der Waals surface area contributed by atoms with Gasteiger partial charge in [-0.05, 0) is 24.6 Å². The summed E-state index contributed by atoms with van der Waals surface area (Å²) in [6.45, 7) is 1.83. The van der Waals surface area contributed by atoms with Crippen molar-refractivity contribution in [2.24, 2.45) is 4.99 Å². The molecule has 2 atom stereocenters. The number of alkyl halides is 3. The van der Waals surface area contributed by atoms with Gasteiger partial charge in [0, 0.05) is 17.4 Å². The highest BCUT2D eigenvalue weighted by Gasteiger charge is 2.49. The summed E-state index contributed by atoms with van der Waals surface area (Å²) >= 11 is 1.15. The number of carbonyl (C=O) groups is 1. The summed E-state index contributed by atoms with van der Waals surface area (Å²) in [5.74, 6) is -0.601. The molecule has 5 nitrogen and oxygen atoms in total. The number of carbonyl (C=O) groups excluding carboxylic acids is 1. The highest BCUT2D eigenvalue weighted by atomic mass is 32.2. The molecule has 0 radical (unpaired) electrons. The molecule has 26 heavy (non-hydrogen) atoms. The van der Waals surface area contributed by atoms with Crippen molar-refractivity contribution in [1.29, 1.82) is 0 Å².